The molecule has 0 bridgehead atoms. The maximum Gasteiger partial charge on any atom is 0.171 e. The Morgan fingerprint density at radius 1 is 0.962 bits per heavy atom. The van der Waals surface area contributed by atoms with E-state index in [1.165, 1.54) is 5.56 Å². The molecule has 0 spiro atoms. The van der Waals surface area contributed by atoms with Crippen molar-refractivity contribution in [3.8, 4) is 11.5 Å². The van der Waals surface area contributed by atoms with Crippen molar-refractivity contribution >= 4 is 23.0 Å². The Hall–Kier alpha value is -2.27. The fraction of sp³-hybridized carbons (Fsp3) is 0.381. The Balaban J connectivity index is 2.06. The summed E-state index contributed by atoms with van der Waals surface area (Å²) in [7, 11) is 3.28. The number of hydrogen-bond acceptors (Lipinski definition) is 3. The predicted molar refractivity (Wildman–Crippen MR) is 112 cm³/mol. The first kappa shape index (κ1) is 20.0. The minimum absolute atomic E-state index is 0.0877. The van der Waals surface area contributed by atoms with Gasteiger partial charge in [-0.25, -0.2) is 0 Å². The molecule has 0 aliphatic heterocycles. The van der Waals surface area contributed by atoms with E-state index in [-0.39, 0.29) is 6.04 Å². The van der Waals surface area contributed by atoms with Crippen LogP contribution in [0.5, 0.6) is 11.5 Å². The summed E-state index contributed by atoms with van der Waals surface area (Å²) >= 11 is 5.49. The number of benzene rings is 2. The summed E-state index contributed by atoms with van der Waals surface area (Å²) in [6, 6.07) is 14.4. The van der Waals surface area contributed by atoms with Crippen LogP contribution in [0.3, 0.4) is 0 Å². The molecule has 0 amide bonds. The molecular formula is C21H28N2O2S. The Kier molecular flexibility index (Phi) is 7.27. The van der Waals surface area contributed by atoms with E-state index >= 15 is 0 Å². The molecule has 5 heteroatoms. The molecule has 0 fully saturated rings. The monoisotopic (exact) mass is 372 g/mol. The van der Waals surface area contributed by atoms with Crippen molar-refractivity contribution in [1.82, 2.24) is 5.32 Å². The van der Waals surface area contributed by atoms with Crippen LogP contribution in [0.25, 0.3) is 0 Å². The van der Waals surface area contributed by atoms with Crippen LogP contribution in [0.1, 0.15) is 50.3 Å². The van der Waals surface area contributed by atoms with Crippen LogP contribution in [-0.4, -0.2) is 19.3 Å². The molecule has 0 aromatic heterocycles. The fourth-order valence-corrected chi connectivity index (χ4v) is 3.03. The van der Waals surface area contributed by atoms with Crippen LogP contribution in [0.2, 0.25) is 0 Å². The molecule has 1 unspecified atom stereocenters. The summed E-state index contributed by atoms with van der Waals surface area (Å²) in [5, 5.41) is 7.24. The highest BCUT2D eigenvalue weighted by Crippen LogP contribution is 2.31. The summed E-state index contributed by atoms with van der Waals surface area (Å²) < 4.78 is 10.7. The zero-order valence-corrected chi connectivity index (χ0v) is 16.9. The predicted octanol–water partition coefficient (Wildman–Crippen LogP) is 5.26. The minimum Gasteiger partial charge on any atom is -0.493 e. The molecule has 2 aromatic carbocycles. The number of anilines is 1. The van der Waals surface area contributed by atoms with Crippen molar-refractivity contribution in [2.24, 2.45) is 0 Å². The molecule has 1 atom stereocenters. The van der Waals surface area contributed by atoms with Gasteiger partial charge in [0.05, 0.1) is 20.3 Å². The van der Waals surface area contributed by atoms with Crippen LogP contribution in [0.15, 0.2) is 42.5 Å². The van der Waals surface area contributed by atoms with Gasteiger partial charge >= 0.3 is 0 Å². The third-order valence-electron chi connectivity index (χ3n) is 4.36. The zero-order valence-electron chi connectivity index (χ0n) is 16.1. The number of hydrogen-bond donors (Lipinski definition) is 2. The topological polar surface area (TPSA) is 42.5 Å². The highest BCUT2D eigenvalue weighted by atomic mass is 32.1. The van der Waals surface area contributed by atoms with Crippen molar-refractivity contribution in [3.63, 3.8) is 0 Å². The van der Waals surface area contributed by atoms with E-state index in [0.717, 1.165) is 23.4 Å². The van der Waals surface area contributed by atoms with E-state index in [2.05, 4.69) is 55.7 Å². The maximum absolute atomic E-state index is 5.49. The second-order valence-corrected chi connectivity index (χ2v) is 6.86. The third kappa shape index (κ3) is 5.11. The normalized spacial score (nSPS) is 11.8. The average molecular weight is 373 g/mol. The minimum atomic E-state index is 0.0877. The molecule has 0 saturated heterocycles. The molecule has 140 valence electrons. The fourth-order valence-electron chi connectivity index (χ4n) is 2.77. The van der Waals surface area contributed by atoms with E-state index in [1.54, 1.807) is 14.2 Å². The maximum atomic E-state index is 5.49. The van der Waals surface area contributed by atoms with Gasteiger partial charge in [0.2, 0.25) is 0 Å². The molecule has 2 aromatic rings. The van der Waals surface area contributed by atoms with Crippen LogP contribution in [-0.2, 0) is 0 Å². The SMILES string of the molecule is CCC(NC(=S)Nc1ccc(C(C)C)cc1)c1ccc(OC)c(OC)c1. The zero-order chi connectivity index (χ0) is 19.1. The van der Waals surface area contributed by atoms with E-state index in [9.17, 15) is 0 Å². The van der Waals surface area contributed by atoms with E-state index < -0.39 is 0 Å². The van der Waals surface area contributed by atoms with E-state index in [4.69, 9.17) is 21.7 Å². The van der Waals surface area contributed by atoms with Gasteiger partial charge in [-0.15, -0.1) is 0 Å². The van der Waals surface area contributed by atoms with Crippen molar-refractivity contribution in [1.29, 1.82) is 0 Å². The van der Waals surface area contributed by atoms with Crippen molar-refractivity contribution in [2.45, 2.75) is 39.2 Å². The van der Waals surface area contributed by atoms with E-state index in [0.29, 0.717) is 16.8 Å². The molecular weight excluding hydrogens is 344 g/mol. The number of methoxy groups -OCH3 is 2. The summed E-state index contributed by atoms with van der Waals surface area (Å²) in [6.07, 6.45) is 0.892. The average Bonchev–Trinajstić information content (AvgIpc) is 2.65. The lowest BCUT2D eigenvalue weighted by Crippen LogP contribution is -2.32. The summed E-state index contributed by atoms with van der Waals surface area (Å²) in [5.41, 5.74) is 3.39. The van der Waals surface area contributed by atoms with Crippen LogP contribution in [0.4, 0.5) is 5.69 Å². The van der Waals surface area contributed by atoms with Gasteiger partial charge < -0.3 is 20.1 Å². The van der Waals surface area contributed by atoms with Gasteiger partial charge in [-0.2, -0.15) is 0 Å². The highest BCUT2D eigenvalue weighted by Gasteiger charge is 2.14. The highest BCUT2D eigenvalue weighted by molar-refractivity contribution is 7.80. The number of thiocarbonyl (C=S) groups is 1. The Labute approximate surface area is 161 Å². The first-order valence-corrected chi connectivity index (χ1v) is 9.28. The van der Waals surface area contributed by atoms with Crippen molar-refractivity contribution < 1.29 is 9.47 Å². The standard InChI is InChI=1S/C21H28N2O2S/c1-6-18(16-9-12-19(24-4)20(13-16)25-5)23-21(26)22-17-10-7-15(8-11-17)14(2)3/h7-14,18H,6H2,1-5H3,(H2,22,23,26). The molecule has 2 rings (SSSR count). The lowest BCUT2D eigenvalue weighted by atomic mass is 10.0. The number of rotatable bonds is 7. The van der Waals surface area contributed by atoms with Gasteiger partial charge in [0.15, 0.2) is 16.6 Å². The van der Waals surface area contributed by atoms with Gasteiger partial charge in [0.1, 0.15) is 0 Å². The molecule has 0 aliphatic rings. The summed E-state index contributed by atoms with van der Waals surface area (Å²) in [4.78, 5) is 0. The van der Waals surface area contributed by atoms with E-state index in [1.807, 2.05) is 18.2 Å². The second kappa shape index (κ2) is 9.43. The van der Waals surface area contributed by atoms with Gasteiger partial charge in [0, 0.05) is 5.69 Å². The number of nitrogens with one attached hydrogen (secondary N) is 2. The van der Waals surface area contributed by atoms with Crippen molar-refractivity contribution in [2.75, 3.05) is 19.5 Å². The third-order valence-corrected chi connectivity index (χ3v) is 4.58. The van der Waals surface area contributed by atoms with Crippen LogP contribution >= 0.6 is 12.2 Å². The molecule has 0 aliphatic carbocycles. The summed E-state index contributed by atoms with van der Waals surface area (Å²) in [5.74, 6) is 1.95. The Morgan fingerprint density at radius 2 is 1.58 bits per heavy atom. The quantitative estimate of drug-likeness (QED) is 0.649. The molecule has 26 heavy (non-hydrogen) atoms. The molecule has 0 saturated carbocycles. The smallest absolute Gasteiger partial charge is 0.171 e. The van der Waals surface area contributed by atoms with Gasteiger partial charge in [-0.1, -0.05) is 39.0 Å². The van der Waals surface area contributed by atoms with Crippen molar-refractivity contribution in [3.05, 3.63) is 53.6 Å². The molecule has 0 heterocycles. The lowest BCUT2D eigenvalue weighted by molar-refractivity contribution is 0.354. The first-order chi connectivity index (χ1) is 12.5. The van der Waals surface area contributed by atoms with Gasteiger partial charge in [0.25, 0.3) is 0 Å². The lowest BCUT2D eigenvalue weighted by Gasteiger charge is -2.21. The molecule has 0 radical (unpaired) electrons. The molecule has 2 N–H and O–H groups in total. The van der Waals surface area contributed by atoms with Gasteiger partial charge in [-0.3, -0.25) is 0 Å². The molecule has 4 nitrogen and oxygen atoms in total. The Morgan fingerprint density at radius 3 is 2.12 bits per heavy atom. The summed E-state index contributed by atoms with van der Waals surface area (Å²) in [6.45, 7) is 6.49. The van der Waals surface area contributed by atoms with Gasteiger partial charge in [-0.05, 0) is 59.9 Å². The number of ether oxygens (including phenoxy) is 2. The second-order valence-electron chi connectivity index (χ2n) is 6.45. The Bertz CT molecular complexity index is 729. The largest absolute Gasteiger partial charge is 0.493 e. The first-order valence-electron chi connectivity index (χ1n) is 8.87. The van der Waals surface area contributed by atoms with Crippen LogP contribution < -0.4 is 20.1 Å². The van der Waals surface area contributed by atoms with Crippen LogP contribution in [0, 0.1) is 0 Å².